The fraction of sp³-hybridized carbons (Fsp3) is 0.263. The molecule has 3 aromatic rings. The van der Waals surface area contributed by atoms with Crippen LogP contribution in [-0.2, 0) is 22.2 Å². The van der Waals surface area contributed by atoms with Gasteiger partial charge in [0.15, 0.2) is 9.84 Å². The Balaban J connectivity index is 2.04. The largest absolute Gasteiger partial charge is 0.445 e. The highest BCUT2D eigenvalue weighted by Crippen LogP contribution is 2.35. The average molecular weight is 524 g/mol. The molecule has 0 aliphatic rings. The number of hydrogen-bond acceptors (Lipinski definition) is 7. The van der Waals surface area contributed by atoms with E-state index in [0.29, 0.717) is 4.90 Å². The summed E-state index contributed by atoms with van der Waals surface area (Å²) in [5.41, 5.74) is -1.16. The van der Waals surface area contributed by atoms with Crippen LogP contribution in [0.25, 0.3) is 11.1 Å². The van der Waals surface area contributed by atoms with Crippen LogP contribution in [-0.4, -0.2) is 42.3 Å². The van der Waals surface area contributed by atoms with E-state index in [1.54, 1.807) is 0 Å². The number of amides is 1. The number of nitrogens with zero attached hydrogens (tertiary/aromatic N) is 4. The van der Waals surface area contributed by atoms with E-state index in [0.717, 1.165) is 43.6 Å². The van der Waals surface area contributed by atoms with E-state index in [1.165, 1.54) is 6.92 Å². The first kappa shape index (κ1) is 25.6. The highest BCUT2D eigenvalue weighted by Gasteiger charge is 2.37. The maximum absolute atomic E-state index is 12.9. The van der Waals surface area contributed by atoms with Gasteiger partial charge >= 0.3 is 12.4 Å². The second-order valence-corrected chi connectivity index (χ2v) is 10.0. The van der Waals surface area contributed by atoms with Gasteiger partial charge in [-0.3, -0.25) is 9.69 Å². The van der Waals surface area contributed by atoms with Gasteiger partial charge in [0.05, 0.1) is 16.2 Å². The van der Waals surface area contributed by atoms with Crippen molar-refractivity contribution >= 4 is 32.2 Å². The van der Waals surface area contributed by atoms with Gasteiger partial charge in [0.25, 0.3) is 5.91 Å². The fourth-order valence-electron chi connectivity index (χ4n) is 2.72. The number of rotatable bonds is 5. The van der Waals surface area contributed by atoms with Crippen LogP contribution in [0.15, 0.2) is 41.4 Å². The highest BCUT2D eigenvalue weighted by molar-refractivity contribution is 7.91. The molecule has 0 aliphatic heterocycles. The van der Waals surface area contributed by atoms with E-state index in [4.69, 9.17) is 0 Å². The Kier molecular flexibility index (Phi) is 6.72. The molecule has 0 fully saturated rings. The Morgan fingerprint density at radius 3 is 2.12 bits per heavy atom. The van der Waals surface area contributed by atoms with E-state index in [-0.39, 0.29) is 22.5 Å². The number of sulfone groups is 1. The Morgan fingerprint density at radius 1 is 1.00 bits per heavy atom. The van der Waals surface area contributed by atoms with Crippen LogP contribution >= 0.6 is 11.3 Å². The van der Waals surface area contributed by atoms with Gasteiger partial charge in [0.1, 0.15) is 5.69 Å². The number of alkyl halides is 6. The van der Waals surface area contributed by atoms with E-state index >= 15 is 0 Å². The quantitative estimate of drug-likeness (QED) is 0.449. The molecule has 1 amide bonds. The summed E-state index contributed by atoms with van der Waals surface area (Å²) in [7, 11) is -2.99. The van der Waals surface area contributed by atoms with Gasteiger partial charge in [0, 0.05) is 18.8 Å². The van der Waals surface area contributed by atoms with Crippen molar-refractivity contribution < 1.29 is 39.6 Å². The van der Waals surface area contributed by atoms with Gasteiger partial charge in [-0.05, 0) is 23.8 Å². The van der Waals surface area contributed by atoms with Crippen molar-refractivity contribution in [3.05, 3.63) is 52.8 Å². The van der Waals surface area contributed by atoms with Gasteiger partial charge in [-0.25, -0.2) is 13.4 Å². The first-order chi connectivity index (χ1) is 15.6. The molecule has 0 bridgehead atoms. The molecule has 0 unspecified atom stereocenters. The summed E-state index contributed by atoms with van der Waals surface area (Å²) in [4.78, 5) is 17.0. The van der Waals surface area contributed by atoms with Gasteiger partial charge in [-0.1, -0.05) is 30.4 Å². The number of halogens is 6. The molecule has 0 N–H and O–H groups in total. The topological polar surface area (TPSA) is 93.1 Å². The number of aromatic nitrogens is 3. The standard InChI is InChI=1S/C19H14F6N4O3S2/c1-3-34(31,32)13-8-11(10-4-6-12(7-5-10)18(20,21)22)9-26-14(13)15(30)29(2)17-28-27-16(33-17)19(23,24)25/h4-9H,3H2,1-2H3. The van der Waals surface area contributed by atoms with Crippen LogP contribution in [0.2, 0.25) is 0 Å². The Labute approximate surface area is 193 Å². The number of anilines is 1. The van der Waals surface area contributed by atoms with E-state index in [9.17, 15) is 39.6 Å². The second-order valence-electron chi connectivity index (χ2n) is 6.80. The molecule has 1 aromatic carbocycles. The summed E-state index contributed by atoms with van der Waals surface area (Å²) in [5.74, 6) is -1.50. The normalized spacial score (nSPS) is 12.6. The summed E-state index contributed by atoms with van der Waals surface area (Å²) in [6.45, 7) is 1.30. The molecule has 2 aromatic heterocycles. The Bertz CT molecular complexity index is 1320. The van der Waals surface area contributed by atoms with Crippen molar-refractivity contribution in [3.63, 3.8) is 0 Å². The molecule has 0 atom stereocenters. The zero-order valence-electron chi connectivity index (χ0n) is 17.3. The van der Waals surface area contributed by atoms with Crippen LogP contribution in [0.1, 0.15) is 28.0 Å². The molecule has 2 heterocycles. The molecule has 0 aliphatic carbocycles. The Hall–Kier alpha value is -3.07. The van der Waals surface area contributed by atoms with Crippen LogP contribution in [0.4, 0.5) is 31.5 Å². The monoisotopic (exact) mass is 524 g/mol. The van der Waals surface area contributed by atoms with Gasteiger partial charge in [-0.2, -0.15) is 26.3 Å². The molecule has 3 rings (SSSR count). The first-order valence-electron chi connectivity index (χ1n) is 9.24. The average Bonchev–Trinajstić information content (AvgIpc) is 3.28. The summed E-state index contributed by atoms with van der Waals surface area (Å²) < 4.78 is 102. The first-order valence-corrected chi connectivity index (χ1v) is 11.7. The lowest BCUT2D eigenvalue weighted by Gasteiger charge is -2.16. The lowest BCUT2D eigenvalue weighted by molar-refractivity contribution is -0.138. The Morgan fingerprint density at radius 2 is 1.62 bits per heavy atom. The third-order valence-electron chi connectivity index (χ3n) is 4.56. The summed E-state index contributed by atoms with van der Waals surface area (Å²) in [6, 6.07) is 4.94. The molecule has 15 heteroatoms. The predicted octanol–water partition coefficient (Wildman–Crippen LogP) is 4.71. The fourth-order valence-corrected chi connectivity index (χ4v) is 4.44. The summed E-state index contributed by atoms with van der Waals surface area (Å²) in [5, 5.41) is 4.56. The summed E-state index contributed by atoms with van der Waals surface area (Å²) >= 11 is 0.0821. The molecule has 0 saturated heterocycles. The molecule has 0 spiro atoms. The van der Waals surface area contributed by atoms with Crippen molar-refractivity contribution in [1.29, 1.82) is 0 Å². The molecular formula is C19H14F6N4O3S2. The van der Waals surface area contributed by atoms with Crippen LogP contribution in [0, 0.1) is 0 Å². The molecule has 0 saturated carbocycles. The predicted molar refractivity (Wildman–Crippen MR) is 110 cm³/mol. The lowest BCUT2D eigenvalue weighted by Crippen LogP contribution is -2.29. The van der Waals surface area contributed by atoms with Gasteiger partial charge in [0.2, 0.25) is 10.1 Å². The highest BCUT2D eigenvalue weighted by atomic mass is 32.2. The maximum atomic E-state index is 12.9. The number of hydrogen-bond donors (Lipinski definition) is 0. The van der Waals surface area contributed by atoms with Crippen molar-refractivity contribution in [2.75, 3.05) is 17.7 Å². The van der Waals surface area contributed by atoms with E-state index in [2.05, 4.69) is 15.2 Å². The zero-order chi connectivity index (χ0) is 25.5. The van der Waals surface area contributed by atoms with Gasteiger partial charge < -0.3 is 0 Å². The molecule has 0 radical (unpaired) electrons. The molecule has 182 valence electrons. The minimum absolute atomic E-state index is 0.0821. The number of carbonyl (C=O) groups excluding carboxylic acids is 1. The minimum atomic E-state index is -4.78. The molecule has 7 nitrogen and oxygen atoms in total. The SMILES string of the molecule is CCS(=O)(=O)c1cc(-c2ccc(C(F)(F)F)cc2)cnc1C(=O)N(C)c1nnc(C(F)(F)F)s1. The number of benzene rings is 1. The zero-order valence-corrected chi connectivity index (χ0v) is 18.9. The summed E-state index contributed by atoms with van der Waals surface area (Å²) in [6.07, 6.45) is -8.26. The van der Waals surface area contributed by atoms with Crippen LogP contribution < -0.4 is 4.90 Å². The van der Waals surface area contributed by atoms with Crippen molar-refractivity contribution in [2.24, 2.45) is 0 Å². The van der Waals surface area contributed by atoms with Crippen LogP contribution in [0.3, 0.4) is 0 Å². The van der Waals surface area contributed by atoms with Crippen molar-refractivity contribution in [2.45, 2.75) is 24.2 Å². The smallest absolute Gasteiger partial charge is 0.284 e. The molecular weight excluding hydrogens is 510 g/mol. The van der Waals surface area contributed by atoms with Crippen LogP contribution in [0.5, 0.6) is 0 Å². The van der Waals surface area contributed by atoms with Crippen molar-refractivity contribution in [1.82, 2.24) is 15.2 Å². The van der Waals surface area contributed by atoms with Crippen molar-refractivity contribution in [3.8, 4) is 11.1 Å². The third-order valence-corrected chi connectivity index (χ3v) is 7.35. The lowest BCUT2D eigenvalue weighted by atomic mass is 10.0. The number of carbonyl (C=O) groups is 1. The third kappa shape index (κ3) is 5.19. The van der Waals surface area contributed by atoms with E-state index < -0.39 is 60.1 Å². The molecule has 34 heavy (non-hydrogen) atoms. The van der Waals surface area contributed by atoms with E-state index in [1.807, 2.05) is 0 Å². The van der Waals surface area contributed by atoms with Gasteiger partial charge in [-0.15, -0.1) is 10.2 Å². The maximum Gasteiger partial charge on any atom is 0.445 e. The minimum Gasteiger partial charge on any atom is -0.284 e. The number of pyridine rings is 1. The second kappa shape index (κ2) is 8.94.